The van der Waals surface area contributed by atoms with Crippen LogP contribution in [0.3, 0.4) is 0 Å². The molecule has 6 heteroatoms. The summed E-state index contributed by atoms with van der Waals surface area (Å²) in [6.45, 7) is 0. The van der Waals surface area contributed by atoms with Crippen molar-refractivity contribution in [3.63, 3.8) is 0 Å². The highest BCUT2D eigenvalue weighted by Gasteiger charge is 2.18. The first-order valence-corrected chi connectivity index (χ1v) is 5.30. The number of hydrogen-bond donors (Lipinski definition) is 3. The Balaban J connectivity index is 2.35. The first kappa shape index (κ1) is 12.1. The summed E-state index contributed by atoms with van der Waals surface area (Å²) < 4.78 is 5.20. The van der Waals surface area contributed by atoms with Crippen molar-refractivity contribution in [3.05, 3.63) is 47.5 Å². The van der Waals surface area contributed by atoms with Crippen LogP contribution in [0.4, 0.5) is 0 Å². The zero-order valence-electron chi connectivity index (χ0n) is 9.75. The fourth-order valence-electron chi connectivity index (χ4n) is 1.67. The van der Waals surface area contributed by atoms with E-state index in [2.05, 4.69) is 9.97 Å². The lowest BCUT2D eigenvalue weighted by atomic mass is 10.1. The number of aromatic carboxylic acids is 1. The molecule has 0 saturated carbocycles. The van der Waals surface area contributed by atoms with Crippen LogP contribution in [0.2, 0.25) is 0 Å². The number of benzene rings is 1. The molecule has 0 unspecified atom stereocenters. The van der Waals surface area contributed by atoms with Crippen molar-refractivity contribution in [2.45, 2.75) is 6.04 Å². The van der Waals surface area contributed by atoms with Gasteiger partial charge in [-0.2, -0.15) is 0 Å². The number of aromatic amines is 1. The molecule has 1 aromatic carbocycles. The normalized spacial score (nSPS) is 12.1. The SMILES string of the molecule is COc1ccccc1[C@@H](N)c1ncc(C(=O)O)[nH]1. The Morgan fingerprint density at radius 2 is 2.22 bits per heavy atom. The van der Waals surface area contributed by atoms with Crippen molar-refractivity contribution in [3.8, 4) is 5.75 Å². The van der Waals surface area contributed by atoms with E-state index in [9.17, 15) is 4.79 Å². The lowest BCUT2D eigenvalue weighted by molar-refractivity contribution is 0.0691. The van der Waals surface area contributed by atoms with E-state index in [1.165, 1.54) is 6.20 Å². The molecule has 0 fully saturated rings. The third kappa shape index (κ3) is 2.18. The maximum atomic E-state index is 10.8. The number of nitrogens with zero attached hydrogens (tertiary/aromatic N) is 1. The maximum Gasteiger partial charge on any atom is 0.353 e. The monoisotopic (exact) mass is 247 g/mol. The Labute approximate surface area is 103 Å². The summed E-state index contributed by atoms with van der Waals surface area (Å²) in [6, 6.07) is 6.70. The molecule has 0 bridgehead atoms. The van der Waals surface area contributed by atoms with E-state index in [0.717, 1.165) is 5.56 Å². The third-order valence-electron chi connectivity index (χ3n) is 2.59. The highest BCUT2D eigenvalue weighted by atomic mass is 16.5. The number of para-hydroxylation sites is 1. The van der Waals surface area contributed by atoms with Crippen molar-refractivity contribution in [2.75, 3.05) is 7.11 Å². The molecule has 0 aliphatic rings. The molecular formula is C12H13N3O3. The zero-order chi connectivity index (χ0) is 13.1. The molecule has 6 nitrogen and oxygen atoms in total. The quantitative estimate of drug-likeness (QED) is 0.752. The van der Waals surface area contributed by atoms with Gasteiger partial charge in [-0.15, -0.1) is 0 Å². The van der Waals surface area contributed by atoms with Crippen molar-refractivity contribution in [1.29, 1.82) is 0 Å². The standard InChI is InChI=1S/C12H13N3O3/c1-18-9-5-3-2-4-7(9)10(13)11-14-6-8(15-11)12(16)17/h2-6,10H,13H2,1H3,(H,14,15)(H,16,17)/t10-/m1/s1. The molecule has 18 heavy (non-hydrogen) atoms. The number of imidazole rings is 1. The lowest BCUT2D eigenvalue weighted by Gasteiger charge is -2.13. The Morgan fingerprint density at radius 3 is 2.83 bits per heavy atom. The van der Waals surface area contributed by atoms with E-state index < -0.39 is 12.0 Å². The van der Waals surface area contributed by atoms with Gasteiger partial charge in [0.1, 0.15) is 17.3 Å². The number of H-pyrrole nitrogens is 1. The minimum Gasteiger partial charge on any atom is -0.496 e. The van der Waals surface area contributed by atoms with Crippen LogP contribution in [-0.2, 0) is 0 Å². The summed E-state index contributed by atoms with van der Waals surface area (Å²) in [6.07, 6.45) is 1.24. The van der Waals surface area contributed by atoms with Crippen LogP contribution in [-0.4, -0.2) is 28.2 Å². The Bertz CT molecular complexity index is 565. The summed E-state index contributed by atoms with van der Waals surface area (Å²) in [4.78, 5) is 17.4. The molecule has 0 radical (unpaired) electrons. The van der Waals surface area contributed by atoms with E-state index in [4.69, 9.17) is 15.6 Å². The second kappa shape index (κ2) is 4.89. The van der Waals surface area contributed by atoms with Gasteiger partial charge in [-0.05, 0) is 6.07 Å². The highest BCUT2D eigenvalue weighted by Crippen LogP contribution is 2.26. The predicted molar refractivity (Wildman–Crippen MR) is 64.6 cm³/mol. The number of carboxylic acids is 1. The Kier molecular flexibility index (Phi) is 3.29. The Hall–Kier alpha value is -2.34. The van der Waals surface area contributed by atoms with Crippen LogP contribution in [0.15, 0.2) is 30.5 Å². The van der Waals surface area contributed by atoms with Gasteiger partial charge >= 0.3 is 5.97 Å². The fourth-order valence-corrected chi connectivity index (χ4v) is 1.67. The lowest BCUT2D eigenvalue weighted by Crippen LogP contribution is -2.15. The number of nitrogens with one attached hydrogen (secondary N) is 1. The molecular weight excluding hydrogens is 234 g/mol. The number of aromatic nitrogens is 2. The average Bonchev–Trinajstić information content (AvgIpc) is 2.87. The largest absolute Gasteiger partial charge is 0.496 e. The molecule has 94 valence electrons. The van der Waals surface area contributed by atoms with Crippen LogP contribution in [0, 0.1) is 0 Å². The smallest absolute Gasteiger partial charge is 0.353 e. The fraction of sp³-hybridized carbons (Fsp3) is 0.167. The van der Waals surface area contributed by atoms with Crippen LogP contribution in [0.1, 0.15) is 27.9 Å². The predicted octanol–water partition coefficient (Wildman–Crippen LogP) is 1.16. The molecule has 0 saturated heterocycles. The first-order valence-electron chi connectivity index (χ1n) is 5.30. The van der Waals surface area contributed by atoms with E-state index in [1.807, 2.05) is 18.2 Å². The minimum absolute atomic E-state index is 0.00958. The second-order valence-corrected chi connectivity index (χ2v) is 3.71. The van der Waals surface area contributed by atoms with E-state index in [1.54, 1.807) is 13.2 Å². The molecule has 0 spiro atoms. The first-order chi connectivity index (χ1) is 8.63. The van der Waals surface area contributed by atoms with Gasteiger partial charge in [0, 0.05) is 5.56 Å². The Morgan fingerprint density at radius 1 is 1.50 bits per heavy atom. The molecule has 0 aliphatic carbocycles. The number of ether oxygens (including phenoxy) is 1. The maximum absolute atomic E-state index is 10.8. The van der Waals surface area contributed by atoms with E-state index >= 15 is 0 Å². The number of hydrogen-bond acceptors (Lipinski definition) is 4. The van der Waals surface area contributed by atoms with Gasteiger partial charge in [-0.1, -0.05) is 18.2 Å². The van der Waals surface area contributed by atoms with Gasteiger partial charge < -0.3 is 20.6 Å². The summed E-state index contributed by atoms with van der Waals surface area (Å²) >= 11 is 0. The molecule has 2 rings (SSSR count). The number of methoxy groups -OCH3 is 1. The van der Waals surface area contributed by atoms with Gasteiger partial charge in [0.05, 0.1) is 19.3 Å². The van der Waals surface area contributed by atoms with Gasteiger partial charge in [-0.25, -0.2) is 9.78 Å². The van der Waals surface area contributed by atoms with Gasteiger partial charge in [-0.3, -0.25) is 0 Å². The minimum atomic E-state index is -1.07. The second-order valence-electron chi connectivity index (χ2n) is 3.71. The van der Waals surface area contributed by atoms with Gasteiger partial charge in [0.25, 0.3) is 0 Å². The average molecular weight is 247 g/mol. The highest BCUT2D eigenvalue weighted by molar-refractivity contribution is 5.85. The van der Waals surface area contributed by atoms with Crippen LogP contribution in [0.5, 0.6) is 5.75 Å². The zero-order valence-corrected chi connectivity index (χ0v) is 9.75. The van der Waals surface area contributed by atoms with Crippen molar-refractivity contribution < 1.29 is 14.6 Å². The number of carbonyl (C=O) groups is 1. The van der Waals surface area contributed by atoms with Crippen LogP contribution >= 0.6 is 0 Å². The molecule has 1 aromatic heterocycles. The van der Waals surface area contributed by atoms with E-state index in [-0.39, 0.29) is 5.69 Å². The molecule has 0 amide bonds. The van der Waals surface area contributed by atoms with Crippen LogP contribution < -0.4 is 10.5 Å². The molecule has 1 heterocycles. The van der Waals surface area contributed by atoms with Gasteiger partial charge in [0.2, 0.25) is 0 Å². The molecule has 1 atom stereocenters. The van der Waals surface area contributed by atoms with Crippen molar-refractivity contribution in [2.24, 2.45) is 5.73 Å². The topological polar surface area (TPSA) is 101 Å². The summed E-state index contributed by atoms with van der Waals surface area (Å²) in [5.41, 5.74) is 6.79. The van der Waals surface area contributed by atoms with Crippen molar-refractivity contribution in [1.82, 2.24) is 9.97 Å². The summed E-state index contributed by atoms with van der Waals surface area (Å²) in [7, 11) is 1.55. The molecule has 0 aliphatic heterocycles. The third-order valence-corrected chi connectivity index (χ3v) is 2.59. The number of rotatable bonds is 4. The summed E-state index contributed by atoms with van der Waals surface area (Å²) in [5, 5.41) is 8.81. The number of carboxylic acid groups (broad SMARTS) is 1. The van der Waals surface area contributed by atoms with Crippen LogP contribution in [0.25, 0.3) is 0 Å². The molecule has 4 N–H and O–H groups in total. The molecule has 2 aromatic rings. The van der Waals surface area contributed by atoms with Crippen molar-refractivity contribution >= 4 is 5.97 Å². The number of nitrogens with two attached hydrogens (primary N) is 1. The van der Waals surface area contributed by atoms with E-state index in [0.29, 0.717) is 11.6 Å². The summed E-state index contributed by atoms with van der Waals surface area (Å²) in [5.74, 6) is -0.0452. The van der Waals surface area contributed by atoms with Gasteiger partial charge in [0.15, 0.2) is 0 Å².